The number of aliphatic hydroxyl groups excluding tert-OH is 1. The van der Waals surface area contributed by atoms with Gasteiger partial charge < -0.3 is 20.6 Å². The molecule has 1 aromatic carbocycles. The molecule has 1 aliphatic heterocycles. The number of carbonyl (C=O) groups excluding carboxylic acids is 1. The molecule has 158 valence electrons. The molecule has 1 aliphatic rings. The number of para-hydroxylation sites is 1. The Morgan fingerprint density at radius 1 is 1.29 bits per heavy atom. The van der Waals surface area contributed by atoms with Crippen molar-refractivity contribution >= 4 is 41.5 Å². The van der Waals surface area contributed by atoms with E-state index in [9.17, 15) is 9.90 Å². The van der Waals surface area contributed by atoms with E-state index in [1.165, 1.54) is 5.56 Å². The molecule has 2 rings (SSSR count). The van der Waals surface area contributed by atoms with Gasteiger partial charge in [-0.05, 0) is 49.7 Å². The Labute approximate surface area is 186 Å². The second-order valence-corrected chi connectivity index (χ2v) is 7.51. The van der Waals surface area contributed by atoms with Crippen molar-refractivity contribution < 1.29 is 9.90 Å². The first-order chi connectivity index (χ1) is 13.0. The topological polar surface area (TPSA) is 77.0 Å². The molecule has 28 heavy (non-hydrogen) atoms. The number of aliphatic imine (C=N–C) groups is 1. The lowest BCUT2D eigenvalue weighted by Gasteiger charge is -2.21. The minimum absolute atomic E-state index is 0. The van der Waals surface area contributed by atoms with Crippen LogP contribution in [0.2, 0.25) is 0 Å². The highest BCUT2D eigenvalue weighted by atomic mass is 127. The molecule has 1 atom stereocenters. The molecular weight excluding hydrogens is 467 g/mol. The standard InChI is InChI=1S/C21H34N4O2.HI/c1-4-22-21(23-14-17(10-12-26)13-16(2)3)24-15-20(27)25-11-9-18-7-5-6-8-19(18)25;/h5-8,16-17,26H,4,9-15H2,1-3H3,(H2,22,23,24);1H. The smallest absolute Gasteiger partial charge is 0.248 e. The molecule has 1 amide bonds. The van der Waals surface area contributed by atoms with Crippen LogP contribution in [0.25, 0.3) is 0 Å². The predicted molar refractivity (Wildman–Crippen MR) is 127 cm³/mol. The van der Waals surface area contributed by atoms with E-state index in [4.69, 9.17) is 0 Å². The molecule has 1 aromatic rings. The quantitative estimate of drug-likeness (QED) is 0.276. The second kappa shape index (κ2) is 13.0. The molecule has 1 unspecified atom stereocenters. The van der Waals surface area contributed by atoms with E-state index in [1.54, 1.807) is 0 Å². The first-order valence-electron chi connectivity index (χ1n) is 10.1. The average molecular weight is 502 g/mol. The number of benzene rings is 1. The zero-order valence-electron chi connectivity index (χ0n) is 17.3. The molecule has 0 aliphatic carbocycles. The molecule has 0 saturated carbocycles. The first kappa shape index (κ1) is 24.7. The normalized spacial score (nSPS) is 14.5. The highest BCUT2D eigenvalue weighted by molar-refractivity contribution is 14.0. The van der Waals surface area contributed by atoms with Crippen LogP contribution in [0.4, 0.5) is 5.69 Å². The molecule has 0 aromatic heterocycles. The number of nitrogens with zero attached hydrogens (tertiary/aromatic N) is 2. The van der Waals surface area contributed by atoms with Crippen LogP contribution in [-0.2, 0) is 11.2 Å². The summed E-state index contributed by atoms with van der Waals surface area (Å²) in [5, 5.41) is 15.8. The number of amides is 1. The van der Waals surface area contributed by atoms with Crippen LogP contribution >= 0.6 is 24.0 Å². The zero-order valence-corrected chi connectivity index (χ0v) is 19.6. The lowest BCUT2D eigenvalue weighted by Crippen LogP contribution is -2.41. The van der Waals surface area contributed by atoms with Crippen molar-refractivity contribution in [2.24, 2.45) is 16.8 Å². The third kappa shape index (κ3) is 7.58. The Kier molecular flexibility index (Phi) is 11.4. The van der Waals surface area contributed by atoms with Crippen molar-refractivity contribution in [1.82, 2.24) is 10.6 Å². The van der Waals surface area contributed by atoms with E-state index in [0.717, 1.165) is 44.6 Å². The number of guanidine groups is 1. The van der Waals surface area contributed by atoms with Gasteiger partial charge in [0, 0.05) is 31.9 Å². The van der Waals surface area contributed by atoms with Crippen LogP contribution in [-0.4, -0.2) is 49.8 Å². The fraction of sp³-hybridized carbons (Fsp3) is 0.619. The fourth-order valence-corrected chi connectivity index (χ4v) is 3.56. The van der Waals surface area contributed by atoms with Gasteiger partial charge in [-0.1, -0.05) is 32.0 Å². The summed E-state index contributed by atoms with van der Waals surface area (Å²) in [5.41, 5.74) is 2.23. The first-order valence-corrected chi connectivity index (χ1v) is 10.1. The van der Waals surface area contributed by atoms with Crippen molar-refractivity contribution in [1.29, 1.82) is 0 Å². The Balaban J connectivity index is 0.00000392. The van der Waals surface area contributed by atoms with Crippen molar-refractivity contribution in [2.75, 3.05) is 37.7 Å². The minimum atomic E-state index is 0. The van der Waals surface area contributed by atoms with Crippen molar-refractivity contribution in [3.05, 3.63) is 29.8 Å². The molecule has 7 heteroatoms. The molecule has 0 spiro atoms. The van der Waals surface area contributed by atoms with Crippen molar-refractivity contribution in [3.8, 4) is 0 Å². The van der Waals surface area contributed by atoms with E-state index in [-0.39, 0.29) is 43.0 Å². The van der Waals surface area contributed by atoms with Gasteiger partial charge in [-0.3, -0.25) is 4.79 Å². The molecule has 0 fully saturated rings. The van der Waals surface area contributed by atoms with Gasteiger partial charge in [-0.2, -0.15) is 0 Å². The maximum atomic E-state index is 12.6. The fourth-order valence-electron chi connectivity index (χ4n) is 3.56. The highest BCUT2D eigenvalue weighted by Gasteiger charge is 2.23. The number of nitrogens with one attached hydrogen (secondary N) is 2. The van der Waals surface area contributed by atoms with Gasteiger partial charge in [0.2, 0.25) is 5.91 Å². The van der Waals surface area contributed by atoms with Crippen molar-refractivity contribution in [2.45, 2.75) is 40.0 Å². The van der Waals surface area contributed by atoms with Gasteiger partial charge in [-0.15, -0.1) is 24.0 Å². The Morgan fingerprint density at radius 2 is 2.04 bits per heavy atom. The van der Waals surface area contributed by atoms with Gasteiger partial charge in [0.1, 0.15) is 6.54 Å². The molecule has 0 saturated heterocycles. The predicted octanol–water partition coefficient (Wildman–Crippen LogP) is 2.79. The average Bonchev–Trinajstić information content (AvgIpc) is 3.07. The minimum Gasteiger partial charge on any atom is -0.396 e. The molecule has 0 radical (unpaired) electrons. The Bertz CT molecular complexity index is 637. The van der Waals surface area contributed by atoms with Crippen LogP contribution in [0, 0.1) is 11.8 Å². The van der Waals surface area contributed by atoms with Crippen LogP contribution in [0.3, 0.4) is 0 Å². The molecule has 3 N–H and O–H groups in total. The monoisotopic (exact) mass is 502 g/mol. The number of fused-ring (bicyclic) bond motifs is 1. The number of aliphatic hydroxyl groups is 1. The number of anilines is 1. The molecule has 0 bridgehead atoms. The van der Waals surface area contributed by atoms with E-state index in [2.05, 4.69) is 35.5 Å². The summed E-state index contributed by atoms with van der Waals surface area (Å²) in [5.74, 6) is 1.65. The molecular formula is C21H35IN4O2. The summed E-state index contributed by atoms with van der Waals surface area (Å²) < 4.78 is 0. The van der Waals surface area contributed by atoms with Crippen LogP contribution in [0.15, 0.2) is 29.3 Å². The van der Waals surface area contributed by atoms with Gasteiger partial charge >= 0.3 is 0 Å². The summed E-state index contributed by atoms with van der Waals surface area (Å²) in [6.07, 6.45) is 2.73. The third-order valence-electron chi connectivity index (χ3n) is 4.81. The maximum Gasteiger partial charge on any atom is 0.248 e. The van der Waals surface area contributed by atoms with E-state index < -0.39 is 0 Å². The summed E-state index contributed by atoms with van der Waals surface area (Å²) >= 11 is 0. The largest absolute Gasteiger partial charge is 0.396 e. The summed E-state index contributed by atoms with van der Waals surface area (Å²) in [6, 6.07) is 8.06. The number of halogens is 1. The molecule has 1 heterocycles. The van der Waals surface area contributed by atoms with E-state index in [0.29, 0.717) is 17.8 Å². The van der Waals surface area contributed by atoms with Crippen LogP contribution in [0.5, 0.6) is 0 Å². The lowest BCUT2D eigenvalue weighted by atomic mass is 9.94. The van der Waals surface area contributed by atoms with Crippen LogP contribution in [0.1, 0.15) is 39.2 Å². The van der Waals surface area contributed by atoms with Crippen LogP contribution < -0.4 is 15.5 Å². The maximum absolute atomic E-state index is 12.6. The van der Waals surface area contributed by atoms with E-state index >= 15 is 0 Å². The van der Waals surface area contributed by atoms with Crippen molar-refractivity contribution in [3.63, 3.8) is 0 Å². The van der Waals surface area contributed by atoms with Gasteiger partial charge in [0.05, 0.1) is 0 Å². The lowest BCUT2D eigenvalue weighted by molar-refractivity contribution is -0.117. The summed E-state index contributed by atoms with van der Waals surface area (Å²) in [6.45, 7) is 8.91. The number of carbonyl (C=O) groups is 1. The Hall–Kier alpha value is -1.35. The zero-order chi connectivity index (χ0) is 19.6. The summed E-state index contributed by atoms with van der Waals surface area (Å²) in [7, 11) is 0. The number of hydrogen-bond acceptors (Lipinski definition) is 3. The Morgan fingerprint density at radius 3 is 2.71 bits per heavy atom. The second-order valence-electron chi connectivity index (χ2n) is 7.51. The van der Waals surface area contributed by atoms with Gasteiger partial charge in [0.15, 0.2) is 5.96 Å². The summed E-state index contributed by atoms with van der Waals surface area (Å²) in [4.78, 5) is 18.9. The SMILES string of the molecule is CCNC(=NCC(=O)N1CCc2ccccc21)NCC(CCO)CC(C)C.I. The highest BCUT2D eigenvalue weighted by Crippen LogP contribution is 2.27. The number of hydrogen-bond donors (Lipinski definition) is 3. The van der Waals surface area contributed by atoms with E-state index in [1.807, 2.05) is 30.0 Å². The van der Waals surface area contributed by atoms with Gasteiger partial charge in [0.25, 0.3) is 0 Å². The molecule has 6 nitrogen and oxygen atoms in total. The number of rotatable bonds is 9. The van der Waals surface area contributed by atoms with Gasteiger partial charge in [-0.25, -0.2) is 4.99 Å². The third-order valence-corrected chi connectivity index (χ3v) is 4.81.